The average Bonchev–Trinajstić information content (AvgIpc) is 2.90. The third-order valence-electron chi connectivity index (χ3n) is 3.18. The maximum Gasteiger partial charge on any atom is 0.288 e. The van der Waals surface area contributed by atoms with Crippen LogP contribution in [-0.2, 0) is 4.74 Å². The zero-order valence-electron chi connectivity index (χ0n) is 10.3. The minimum absolute atomic E-state index is 0.0113. The highest BCUT2D eigenvalue weighted by Gasteiger charge is 2.28. The van der Waals surface area contributed by atoms with Gasteiger partial charge in [-0.1, -0.05) is 17.7 Å². The highest BCUT2D eigenvalue weighted by Crippen LogP contribution is 2.29. The smallest absolute Gasteiger partial charge is 0.288 e. The van der Waals surface area contributed by atoms with Crippen LogP contribution in [0.25, 0.3) is 0 Å². The maximum absolute atomic E-state index is 12.3. The molecule has 19 heavy (non-hydrogen) atoms. The van der Waals surface area contributed by atoms with Crippen molar-refractivity contribution in [3.05, 3.63) is 38.9 Å². The minimum Gasteiger partial charge on any atom is -0.379 e. The van der Waals surface area contributed by atoms with Gasteiger partial charge in [0.15, 0.2) is 0 Å². The van der Waals surface area contributed by atoms with Crippen LogP contribution in [-0.4, -0.2) is 42.0 Å². The van der Waals surface area contributed by atoms with Gasteiger partial charge in [0.2, 0.25) is 0 Å². The predicted octanol–water partition coefficient (Wildman–Crippen LogP) is 2.11. The van der Waals surface area contributed by atoms with Gasteiger partial charge in [-0.2, -0.15) is 0 Å². The zero-order chi connectivity index (χ0) is 14.0. The third kappa shape index (κ3) is 2.69. The SMILES string of the molecule is CN(C(=O)c1cccc([N+](=O)[O-])c1Cl)C1CCOC1. The number of nitrogens with zero attached hydrogens (tertiary/aromatic N) is 2. The molecule has 1 aromatic rings. The second-order valence-electron chi connectivity index (χ2n) is 4.33. The summed E-state index contributed by atoms with van der Waals surface area (Å²) in [7, 11) is 1.65. The molecule has 1 aliphatic rings. The normalized spacial score (nSPS) is 18.3. The molecule has 1 saturated heterocycles. The zero-order valence-corrected chi connectivity index (χ0v) is 11.1. The van der Waals surface area contributed by atoms with Gasteiger partial charge in [0, 0.05) is 19.7 Å². The van der Waals surface area contributed by atoms with Crippen molar-refractivity contribution in [3.63, 3.8) is 0 Å². The monoisotopic (exact) mass is 284 g/mol. The number of carbonyl (C=O) groups excluding carboxylic acids is 1. The summed E-state index contributed by atoms with van der Waals surface area (Å²) in [5.41, 5.74) is -0.117. The second-order valence-corrected chi connectivity index (χ2v) is 4.71. The fourth-order valence-corrected chi connectivity index (χ4v) is 2.29. The molecule has 1 unspecified atom stereocenters. The number of benzene rings is 1. The Labute approximate surface area is 115 Å². The summed E-state index contributed by atoms with van der Waals surface area (Å²) in [5.74, 6) is -0.329. The van der Waals surface area contributed by atoms with Gasteiger partial charge in [-0.25, -0.2) is 0 Å². The fraction of sp³-hybridized carbons (Fsp3) is 0.417. The topological polar surface area (TPSA) is 72.7 Å². The van der Waals surface area contributed by atoms with Crippen molar-refractivity contribution in [2.75, 3.05) is 20.3 Å². The van der Waals surface area contributed by atoms with Crippen LogP contribution in [0.5, 0.6) is 0 Å². The Balaban J connectivity index is 2.28. The Kier molecular flexibility index (Phi) is 4.01. The number of halogens is 1. The number of amides is 1. The van der Waals surface area contributed by atoms with Crippen LogP contribution < -0.4 is 0 Å². The maximum atomic E-state index is 12.3. The molecule has 0 radical (unpaired) electrons. The van der Waals surface area contributed by atoms with E-state index in [-0.39, 0.29) is 28.2 Å². The van der Waals surface area contributed by atoms with Gasteiger partial charge in [0.1, 0.15) is 5.02 Å². The van der Waals surface area contributed by atoms with Crippen LogP contribution in [0, 0.1) is 10.1 Å². The van der Waals surface area contributed by atoms with E-state index in [1.807, 2.05) is 0 Å². The number of nitro groups is 1. The summed E-state index contributed by atoms with van der Waals surface area (Å²) in [6.45, 7) is 1.10. The Morgan fingerprint density at radius 1 is 1.58 bits per heavy atom. The van der Waals surface area contributed by atoms with Crippen molar-refractivity contribution in [1.29, 1.82) is 0 Å². The van der Waals surface area contributed by atoms with Crippen molar-refractivity contribution < 1.29 is 14.5 Å². The van der Waals surface area contributed by atoms with E-state index in [0.717, 1.165) is 6.42 Å². The molecule has 7 heteroatoms. The molecule has 1 amide bonds. The van der Waals surface area contributed by atoms with E-state index in [9.17, 15) is 14.9 Å². The van der Waals surface area contributed by atoms with Crippen LogP contribution in [0.15, 0.2) is 18.2 Å². The van der Waals surface area contributed by atoms with Crippen LogP contribution in [0.3, 0.4) is 0 Å². The molecule has 1 aromatic carbocycles. The van der Waals surface area contributed by atoms with Crippen molar-refractivity contribution in [2.45, 2.75) is 12.5 Å². The number of likely N-dealkylation sites (N-methyl/N-ethyl adjacent to an activating group) is 1. The molecular formula is C12H13ClN2O4. The lowest BCUT2D eigenvalue weighted by molar-refractivity contribution is -0.384. The molecule has 1 aliphatic heterocycles. The third-order valence-corrected chi connectivity index (χ3v) is 3.58. The van der Waals surface area contributed by atoms with Crippen molar-refractivity contribution in [3.8, 4) is 0 Å². The summed E-state index contributed by atoms with van der Waals surface area (Å²) < 4.78 is 5.22. The van der Waals surface area contributed by atoms with E-state index in [1.54, 1.807) is 7.05 Å². The highest BCUT2D eigenvalue weighted by atomic mass is 35.5. The Morgan fingerprint density at radius 3 is 2.89 bits per heavy atom. The number of carbonyl (C=O) groups is 1. The van der Waals surface area contributed by atoms with E-state index < -0.39 is 4.92 Å². The molecule has 0 saturated carbocycles. The van der Waals surface area contributed by atoms with Crippen molar-refractivity contribution in [2.24, 2.45) is 0 Å². The average molecular weight is 285 g/mol. The Bertz CT molecular complexity index is 514. The molecule has 0 N–H and O–H groups in total. The molecule has 0 aromatic heterocycles. The molecule has 0 aliphatic carbocycles. The van der Waals surface area contributed by atoms with E-state index in [4.69, 9.17) is 16.3 Å². The quantitative estimate of drug-likeness (QED) is 0.629. The van der Waals surface area contributed by atoms with Crippen LogP contribution in [0.2, 0.25) is 5.02 Å². The molecule has 0 spiro atoms. The largest absolute Gasteiger partial charge is 0.379 e. The summed E-state index contributed by atoms with van der Waals surface area (Å²) in [5, 5.41) is 10.7. The van der Waals surface area contributed by atoms with Gasteiger partial charge in [0.25, 0.3) is 11.6 Å². The number of hydrogen-bond donors (Lipinski definition) is 0. The fourth-order valence-electron chi connectivity index (χ4n) is 2.01. The summed E-state index contributed by atoms with van der Waals surface area (Å²) in [6, 6.07) is 4.21. The predicted molar refractivity (Wildman–Crippen MR) is 69.4 cm³/mol. The first-order valence-corrected chi connectivity index (χ1v) is 6.18. The first-order chi connectivity index (χ1) is 9.02. The summed E-state index contributed by atoms with van der Waals surface area (Å²) in [4.78, 5) is 24.0. The lowest BCUT2D eigenvalue weighted by Gasteiger charge is -2.23. The van der Waals surface area contributed by atoms with Gasteiger partial charge < -0.3 is 9.64 Å². The van der Waals surface area contributed by atoms with Gasteiger partial charge in [-0.05, 0) is 12.5 Å². The first kappa shape index (κ1) is 13.8. The summed E-state index contributed by atoms with van der Waals surface area (Å²) in [6.07, 6.45) is 0.759. The molecule has 2 rings (SSSR count). The minimum atomic E-state index is -0.599. The van der Waals surface area contributed by atoms with Crippen LogP contribution in [0.1, 0.15) is 16.8 Å². The lowest BCUT2D eigenvalue weighted by atomic mass is 10.1. The van der Waals surface area contributed by atoms with E-state index in [0.29, 0.717) is 13.2 Å². The van der Waals surface area contributed by atoms with Gasteiger partial charge in [-0.15, -0.1) is 0 Å². The van der Waals surface area contributed by atoms with Crippen LogP contribution >= 0.6 is 11.6 Å². The number of nitro benzene ring substituents is 1. The van der Waals surface area contributed by atoms with E-state index in [2.05, 4.69) is 0 Å². The molecule has 0 bridgehead atoms. The highest BCUT2D eigenvalue weighted by molar-refractivity contribution is 6.35. The molecule has 1 atom stereocenters. The Hall–Kier alpha value is -1.66. The Morgan fingerprint density at radius 2 is 2.32 bits per heavy atom. The molecule has 1 heterocycles. The standard InChI is InChI=1S/C12H13ClN2O4/c1-14(8-5-6-19-7-8)12(16)9-3-2-4-10(11(9)13)15(17)18/h2-4,8H,5-7H2,1H3. The number of rotatable bonds is 3. The molecule has 102 valence electrons. The van der Waals surface area contributed by atoms with Gasteiger partial charge >= 0.3 is 0 Å². The van der Waals surface area contributed by atoms with Gasteiger partial charge in [-0.3, -0.25) is 14.9 Å². The second kappa shape index (κ2) is 5.54. The first-order valence-electron chi connectivity index (χ1n) is 5.80. The van der Waals surface area contributed by atoms with E-state index in [1.165, 1.54) is 23.1 Å². The van der Waals surface area contributed by atoms with Crippen molar-refractivity contribution in [1.82, 2.24) is 4.90 Å². The van der Waals surface area contributed by atoms with Crippen molar-refractivity contribution >= 4 is 23.2 Å². The number of ether oxygens (including phenoxy) is 1. The van der Waals surface area contributed by atoms with Gasteiger partial charge in [0.05, 0.1) is 23.1 Å². The molecular weight excluding hydrogens is 272 g/mol. The van der Waals surface area contributed by atoms with Crippen LogP contribution in [0.4, 0.5) is 5.69 Å². The van der Waals surface area contributed by atoms with E-state index >= 15 is 0 Å². The lowest BCUT2D eigenvalue weighted by Crippen LogP contribution is -2.37. The summed E-state index contributed by atoms with van der Waals surface area (Å²) >= 11 is 5.93. The molecule has 6 nitrogen and oxygen atoms in total. The number of hydrogen-bond acceptors (Lipinski definition) is 4. The molecule has 1 fully saturated rings.